The standard InChI is InChI=1S/C20H18N4O/c1-25-20-17-19(21-14-22-20)24(13-12-15-8-4-2-5-9-15)18(23-17)16-10-6-3-7-11-16/h2-11,14H,12-13H2,1H3. The molecule has 0 aliphatic heterocycles. The third kappa shape index (κ3) is 2.96. The number of hydrogen-bond donors (Lipinski definition) is 0. The molecule has 0 saturated carbocycles. The van der Waals surface area contributed by atoms with Gasteiger partial charge in [0.2, 0.25) is 5.88 Å². The Morgan fingerprint density at radius 2 is 1.64 bits per heavy atom. The summed E-state index contributed by atoms with van der Waals surface area (Å²) in [6.07, 6.45) is 2.43. The topological polar surface area (TPSA) is 52.8 Å². The van der Waals surface area contributed by atoms with Gasteiger partial charge < -0.3 is 9.30 Å². The minimum atomic E-state index is 0.501. The maximum absolute atomic E-state index is 5.37. The Balaban J connectivity index is 1.82. The average Bonchev–Trinajstić information content (AvgIpc) is 3.06. The molecule has 2 aromatic carbocycles. The second kappa shape index (κ2) is 6.73. The Morgan fingerprint density at radius 1 is 0.920 bits per heavy atom. The first-order valence-electron chi connectivity index (χ1n) is 8.21. The normalized spacial score (nSPS) is 10.9. The van der Waals surface area contributed by atoms with Crippen molar-refractivity contribution in [3.05, 3.63) is 72.6 Å². The highest BCUT2D eigenvalue weighted by Gasteiger charge is 2.17. The molecule has 0 saturated heterocycles. The van der Waals surface area contributed by atoms with Gasteiger partial charge in [0.15, 0.2) is 11.2 Å². The van der Waals surface area contributed by atoms with Crippen molar-refractivity contribution in [2.24, 2.45) is 0 Å². The van der Waals surface area contributed by atoms with Crippen LogP contribution < -0.4 is 4.74 Å². The zero-order chi connectivity index (χ0) is 17.1. The Bertz CT molecular complexity index is 981. The average molecular weight is 330 g/mol. The van der Waals surface area contributed by atoms with Gasteiger partial charge in [-0.2, -0.15) is 4.98 Å². The van der Waals surface area contributed by atoms with Crippen LogP contribution in [0.4, 0.5) is 0 Å². The molecule has 4 rings (SSSR count). The van der Waals surface area contributed by atoms with Crippen molar-refractivity contribution in [2.75, 3.05) is 7.11 Å². The molecule has 2 heterocycles. The summed E-state index contributed by atoms with van der Waals surface area (Å²) in [6, 6.07) is 20.6. The predicted molar refractivity (Wildman–Crippen MR) is 97.5 cm³/mol. The number of benzene rings is 2. The van der Waals surface area contributed by atoms with E-state index in [-0.39, 0.29) is 0 Å². The molecule has 0 unspecified atom stereocenters. The largest absolute Gasteiger partial charge is 0.479 e. The van der Waals surface area contributed by atoms with Crippen molar-refractivity contribution in [2.45, 2.75) is 13.0 Å². The van der Waals surface area contributed by atoms with Gasteiger partial charge in [0.25, 0.3) is 0 Å². The van der Waals surface area contributed by atoms with Gasteiger partial charge in [0, 0.05) is 12.1 Å². The van der Waals surface area contributed by atoms with E-state index in [4.69, 9.17) is 9.72 Å². The van der Waals surface area contributed by atoms with E-state index in [0.717, 1.165) is 30.0 Å². The number of hydrogen-bond acceptors (Lipinski definition) is 4. The molecule has 0 bridgehead atoms. The first kappa shape index (κ1) is 15.3. The molecule has 2 aromatic heterocycles. The maximum atomic E-state index is 5.37. The van der Waals surface area contributed by atoms with Crippen LogP contribution in [0.15, 0.2) is 67.0 Å². The first-order chi connectivity index (χ1) is 12.4. The van der Waals surface area contributed by atoms with Crippen molar-refractivity contribution < 1.29 is 4.74 Å². The maximum Gasteiger partial charge on any atom is 0.245 e. The number of aromatic nitrogens is 4. The zero-order valence-electron chi connectivity index (χ0n) is 14.0. The van der Waals surface area contributed by atoms with Crippen LogP contribution >= 0.6 is 0 Å². The number of ether oxygens (including phenoxy) is 1. The summed E-state index contributed by atoms with van der Waals surface area (Å²) in [6.45, 7) is 0.783. The number of imidazole rings is 1. The predicted octanol–water partition coefficient (Wildman–Crippen LogP) is 3.74. The third-order valence-corrected chi connectivity index (χ3v) is 4.19. The van der Waals surface area contributed by atoms with Gasteiger partial charge in [-0.15, -0.1) is 0 Å². The van der Waals surface area contributed by atoms with Crippen LogP contribution in [-0.4, -0.2) is 26.6 Å². The monoisotopic (exact) mass is 330 g/mol. The first-order valence-corrected chi connectivity index (χ1v) is 8.21. The van der Waals surface area contributed by atoms with E-state index >= 15 is 0 Å². The van der Waals surface area contributed by atoms with Gasteiger partial charge in [-0.05, 0) is 12.0 Å². The van der Waals surface area contributed by atoms with E-state index in [1.165, 1.54) is 11.9 Å². The summed E-state index contributed by atoms with van der Waals surface area (Å²) in [5.74, 6) is 1.38. The van der Waals surface area contributed by atoms with Crippen LogP contribution in [0.2, 0.25) is 0 Å². The molecule has 5 heteroatoms. The lowest BCUT2D eigenvalue weighted by Crippen LogP contribution is -2.04. The fourth-order valence-corrected chi connectivity index (χ4v) is 2.97. The van der Waals surface area contributed by atoms with Crippen LogP contribution in [-0.2, 0) is 13.0 Å². The fraction of sp³-hybridized carbons (Fsp3) is 0.150. The Kier molecular flexibility index (Phi) is 4.12. The fourth-order valence-electron chi connectivity index (χ4n) is 2.97. The lowest BCUT2D eigenvalue weighted by atomic mass is 10.1. The number of aryl methyl sites for hydroxylation is 2. The van der Waals surface area contributed by atoms with Gasteiger partial charge in [0.1, 0.15) is 12.2 Å². The smallest absolute Gasteiger partial charge is 0.245 e. The van der Waals surface area contributed by atoms with Crippen LogP contribution in [0.5, 0.6) is 5.88 Å². The Labute approximate surface area is 146 Å². The summed E-state index contributed by atoms with van der Waals surface area (Å²) < 4.78 is 7.51. The molecular formula is C20H18N4O. The molecule has 0 spiro atoms. The molecule has 5 nitrogen and oxygen atoms in total. The molecule has 124 valence electrons. The minimum Gasteiger partial charge on any atom is -0.479 e. The molecule has 0 N–H and O–H groups in total. The van der Waals surface area contributed by atoms with Gasteiger partial charge >= 0.3 is 0 Å². The second-order valence-electron chi connectivity index (χ2n) is 5.74. The van der Waals surface area contributed by atoms with E-state index in [1.54, 1.807) is 7.11 Å². The Morgan fingerprint density at radius 3 is 2.36 bits per heavy atom. The molecular weight excluding hydrogens is 312 g/mol. The van der Waals surface area contributed by atoms with E-state index < -0.39 is 0 Å². The highest BCUT2D eigenvalue weighted by Crippen LogP contribution is 2.27. The van der Waals surface area contributed by atoms with Gasteiger partial charge in [-0.1, -0.05) is 60.7 Å². The molecule has 0 amide bonds. The lowest BCUT2D eigenvalue weighted by Gasteiger charge is -2.09. The van der Waals surface area contributed by atoms with Gasteiger partial charge in [0.05, 0.1) is 7.11 Å². The number of rotatable bonds is 5. The van der Waals surface area contributed by atoms with Crippen LogP contribution in [0.1, 0.15) is 5.56 Å². The molecule has 25 heavy (non-hydrogen) atoms. The van der Waals surface area contributed by atoms with Gasteiger partial charge in [-0.25, -0.2) is 9.97 Å². The van der Waals surface area contributed by atoms with Crippen molar-refractivity contribution in [3.8, 4) is 17.3 Å². The van der Waals surface area contributed by atoms with Crippen LogP contribution in [0.25, 0.3) is 22.6 Å². The summed E-state index contributed by atoms with van der Waals surface area (Å²) in [4.78, 5) is 13.4. The molecule has 0 aliphatic carbocycles. The van der Waals surface area contributed by atoms with E-state index in [9.17, 15) is 0 Å². The number of methoxy groups -OCH3 is 1. The molecule has 0 atom stereocenters. The number of nitrogens with zero attached hydrogens (tertiary/aromatic N) is 4. The number of fused-ring (bicyclic) bond motifs is 1. The van der Waals surface area contributed by atoms with E-state index in [0.29, 0.717) is 11.4 Å². The van der Waals surface area contributed by atoms with Crippen molar-refractivity contribution >= 4 is 11.2 Å². The quantitative estimate of drug-likeness (QED) is 0.559. The summed E-state index contributed by atoms with van der Waals surface area (Å²) >= 11 is 0. The van der Waals surface area contributed by atoms with Crippen LogP contribution in [0, 0.1) is 0 Å². The van der Waals surface area contributed by atoms with E-state index in [2.05, 4.69) is 50.9 Å². The minimum absolute atomic E-state index is 0.501. The van der Waals surface area contributed by atoms with Crippen molar-refractivity contribution in [1.82, 2.24) is 19.5 Å². The lowest BCUT2D eigenvalue weighted by molar-refractivity contribution is 0.401. The molecule has 0 radical (unpaired) electrons. The highest BCUT2D eigenvalue weighted by molar-refractivity contribution is 5.81. The second-order valence-corrected chi connectivity index (χ2v) is 5.74. The SMILES string of the molecule is COc1ncnc2c1nc(-c1ccccc1)n2CCc1ccccc1. The zero-order valence-corrected chi connectivity index (χ0v) is 14.0. The van der Waals surface area contributed by atoms with E-state index in [1.807, 2.05) is 24.3 Å². The summed E-state index contributed by atoms with van der Waals surface area (Å²) in [5, 5.41) is 0. The molecule has 0 aliphatic rings. The van der Waals surface area contributed by atoms with Crippen LogP contribution in [0.3, 0.4) is 0 Å². The molecule has 4 aromatic rings. The molecule has 0 fully saturated rings. The van der Waals surface area contributed by atoms with Crippen molar-refractivity contribution in [3.63, 3.8) is 0 Å². The summed E-state index contributed by atoms with van der Waals surface area (Å²) in [7, 11) is 1.60. The highest BCUT2D eigenvalue weighted by atomic mass is 16.5. The summed E-state index contributed by atoms with van der Waals surface area (Å²) in [5.41, 5.74) is 3.82. The van der Waals surface area contributed by atoms with Crippen molar-refractivity contribution in [1.29, 1.82) is 0 Å². The Hall–Kier alpha value is -3.21. The third-order valence-electron chi connectivity index (χ3n) is 4.19. The van der Waals surface area contributed by atoms with Gasteiger partial charge in [-0.3, -0.25) is 0 Å².